The SMILES string of the molecule is C=Cc1ccc(Cn2nnc(-c3ccccc3)n2)cc1. The van der Waals surface area contributed by atoms with E-state index in [4.69, 9.17) is 0 Å². The number of nitrogens with zero attached hydrogens (tertiary/aromatic N) is 4. The van der Waals surface area contributed by atoms with Gasteiger partial charge < -0.3 is 0 Å². The van der Waals surface area contributed by atoms with Crippen molar-refractivity contribution in [2.45, 2.75) is 6.54 Å². The molecule has 0 bridgehead atoms. The average Bonchev–Trinajstić information content (AvgIpc) is 2.97. The van der Waals surface area contributed by atoms with Gasteiger partial charge in [0.1, 0.15) is 0 Å². The van der Waals surface area contributed by atoms with E-state index in [1.165, 1.54) is 0 Å². The monoisotopic (exact) mass is 262 g/mol. The van der Waals surface area contributed by atoms with Gasteiger partial charge in [-0.1, -0.05) is 67.3 Å². The molecular weight excluding hydrogens is 248 g/mol. The molecule has 3 rings (SSSR count). The molecule has 0 atom stereocenters. The van der Waals surface area contributed by atoms with Crippen LogP contribution in [0.1, 0.15) is 11.1 Å². The lowest BCUT2D eigenvalue weighted by atomic mass is 10.1. The molecule has 0 radical (unpaired) electrons. The van der Waals surface area contributed by atoms with Gasteiger partial charge in [-0.2, -0.15) is 4.80 Å². The largest absolute Gasteiger partial charge is 0.204 e. The standard InChI is InChI=1S/C16H14N4/c1-2-13-8-10-14(11-9-13)12-20-18-16(17-19-20)15-6-4-3-5-7-15/h2-11H,1,12H2. The van der Waals surface area contributed by atoms with E-state index in [9.17, 15) is 0 Å². The van der Waals surface area contributed by atoms with Gasteiger partial charge in [0.15, 0.2) is 0 Å². The molecule has 1 heterocycles. The lowest BCUT2D eigenvalue weighted by molar-refractivity contribution is 0.573. The van der Waals surface area contributed by atoms with Gasteiger partial charge in [-0.25, -0.2) is 0 Å². The van der Waals surface area contributed by atoms with E-state index < -0.39 is 0 Å². The van der Waals surface area contributed by atoms with Crippen molar-refractivity contribution < 1.29 is 0 Å². The van der Waals surface area contributed by atoms with Crippen LogP contribution in [0.25, 0.3) is 17.5 Å². The van der Waals surface area contributed by atoms with Gasteiger partial charge in [-0.3, -0.25) is 0 Å². The zero-order valence-corrected chi connectivity index (χ0v) is 11.0. The highest BCUT2D eigenvalue weighted by atomic mass is 15.6. The smallest absolute Gasteiger partial charge is 0.159 e. The van der Waals surface area contributed by atoms with E-state index in [-0.39, 0.29) is 0 Å². The molecule has 0 N–H and O–H groups in total. The summed E-state index contributed by atoms with van der Waals surface area (Å²) in [7, 11) is 0. The number of aromatic nitrogens is 4. The predicted molar refractivity (Wildman–Crippen MR) is 78.9 cm³/mol. The topological polar surface area (TPSA) is 43.6 Å². The first-order chi connectivity index (χ1) is 9.85. The zero-order valence-electron chi connectivity index (χ0n) is 11.0. The summed E-state index contributed by atoms with van der Waals surface area (Å²) in [4.78, 5) is 1.60. The molecule has 1 aromatic heterocycles. The van der Waals surface area contributed by atoms with Crippen LogP contribution in [0.3, 0.4) is 0 Å². The molecule has 4 heteroatoms. The van der Waals surface area contributed by atoms with Crippen molar-refractivity contribution in [1.82, 2.24) is 20.2 Å². The Kier molecular flexibility index (Phi) is 3.37. The van der Waals surface area contributed by atoms with Crippen LogP contribution in [0, 0.1) is 0 Å². The Bertz CT molecular complexity index is 699. The van der Waals surface area contributed by atoms with E-state index in [2.05, 4.69) is 22.0 Å². The maximum atomic E-state index is 4.39. The number of benzene rings is 2. The van der Waals surface area contributed by atoms with Gasteiger partial charge >= 0.3 is 0 Å². The average molecular weight is 262 g/mol. The summed E-state index contributed by atoms with van der Waals surface area (Å²) in [6, 6.07) is 18.0. The van der Waals surface area contributed by atoms with Crippen molar-refractivity contribution in [2.24, 2.45) is 0 Å². The summed E-state index contributed by atoms with van der Waals surface area (Å²) in [5.74, 6) is 0.647. The number of tetrazole rings is 1. The molecule has 0 aliphatic carbocycles. The van der Waals surface area contributed by atoms with Gasteiger partial charge in [0.25, 0.3) is 0 Å². The lowest BCUT2D eigenvalue weighted by Crippen LogP contribution is -2.03. The first-order valence-corrected chi connectivity index (χ1v) is 6.40. The third-order valence-electron chi connectivity index (χ3n) is 3.02. The van der Waals surface area contributed by atoms with Crippen LogP contribution < -0.4 is 0 Å². The van der Waals surface area contributed by atoms with Crippen LogP contribution in [0.5, 0.6) is 0 Å². The van der Waals surface area contributed by atoms with Crippen molar-refractivity contribution in [2.75, 3.05) is 0 Å². The number of hydrogen-bond acceptors (Lipinski definition) is 3. The summed E-state index contributed by atoms with van der Waals surface area (Å²) >= 11 is 0. The van der Waals surface area contributed by atoms with Gasteiger partial charge in [-0.05, 0) is 16.3 Å². The molecule has 4 nitrogen and oxygen atoms in total. The lowest BCUT2D eigenvalue weighted by Gasteiger charge is -2.00. The third kappa shape index (κ3) is 2.64. The molecule has 0 aliphatic rings. The molecule has 0 spiro atoms. The molecule has 20 heavy (non-hydrogen) atoms. The molecule has 98 valence electrons. The van der Waals surface area contributed by atoms with Crippen LogP contribution in [0.4, 0.5) is 0 Å². The summed E-state index contributed by atoms with van der Waals surface area (Å²) in [5.41, 5.74) is 3.21. The first-order valence-electron chi connectivity index (χ1n) is 6.40. The highest BCUT2D eigenvalue weighted by molar-refractivity contribution is 5.53. The van der Waals surface area contributed by atoms with Gasteiger partial charge in [0.05, 0.1) is 6.54 Å². The van der Waals surface area contributed by atoms with Crippen molar-refractivity contribution in [3.8, 4) is 11.4 Å². The Morgan fingerprint density at radius 2 is 1.75 bits per heavy atom. The van der Waals surface area contributed by atoms with Crippen LogP contribution in [0.2, 0.25) is 0 Å². The fraction of sp³-hybridized carbons (Fsp3) is 0.0625. The first kappa shape index (κ1) is 12.3. The predicted octanol–water partition coefficient (Wildman–Crippen LogP) is 3.03. The minimum absolute atomic E-state index is 0.608. The summed E-state index contributed by atoms with van der Waals surface area (Å²) in [6.07, 6.45) is 1.82. The van der Waals surface area contributed by atoms with Crippen LogP contribution >= 0.6 is 0 Å². The minimum atomic E-state index is 0.608. The zero-order chi connectivity index (χ0) is 13.8. The highest BCUT2D eigenvalue weighted by Crippen LogP contribution is 2.12. The van der Waals surface area contributed by atoms with E-state index in [0.29, 0.717) is 12.4 Å². The van der Waals surface area contributed by atoms with Crippen LogP contribution in [-0.4, -0.2) is 20.2 Å². The van der Waals surface area contributed by atoms with E-state index in [0.717, 1.165) is 16.7 Å². The van der Waals surface area contributed by atoms with Gasteiger partial charge in [0, 0.05) is 5.56 Å². The van der Waals surface area contributed by atoms with E-state index >= 15 is 0 Å². The second-order valence-electron chi connectivity index (χ2n) is 4.46. The second kappa shape index (κ2) is 5.48. The maximum Gasteiger partial charge on any atom is 0.204 e. The Morgan fingerprint density at radius 1 is 1.00 bits per heavy atom. The van der Waals surface area contributed by atoms with Gasteiger partial charge in [0.2, 0.25) is 5.82 Å². The molecule has 0 amide bonds. The molecule has 0 aliphatic heterocycles. The number of rotatable bonds is 4. The molecule has 0 saturated carbocycles. The van der Waals surface area contributed by atoms with Gasteiger partial charge in [-0.15, -0.1) is 10.2 Å². The Labute approximate surface area is 117 Å². The fourth-order valence-electron chi connectivity index (χ4n) is 1.94. The maximum absolute atomic E-state index is 4.39. The van der Waals surface area contributed by atoms with E-state index in [1.54, 1.807) is 4.80 Å². The van der Waals surface area contributed by atoms with Crippen LogP contribution in [-0.2, 0) is 6.54 Å². The summed E-state index contributed by atoms with van der Waals surface area (Å²) in [5, 5.41) is 12.6. The van der Waals surface area contributed by atoms with Crippen LogP contribution in [0.15, 0.2) is 61.2 Å². The highest BCUT2D eigenvalue weighted by Gasteiger charge is 2.05. The van der Waals surface area contributed by atoms with E-state index in [1.807, 2.05) is 60.7 Å². The Hall–Kier alpha value is -2.75. The second-order valence-corrected chi connectivity index (χ2v) is 4.46. The summed E-state index contributed by atoms with van der Waals surface area (Å²) in [6.45, 7) is 4.35. The normalized spacial score (nSPS) is 10.4. The molecular formula is C16H14N4. The Morgan fingerprint density at radius 3 is 2.45 bits per heavy atom. The van der Waals surface area contributed by atoms with Crippen molar-refractivity contribution >= 4 is 6.08 Å². The van der Waals surface area contributed by atoms with Crippen molar-refractivity contribution in [1.29, 1.82) is 0 Å². The van der Waals surface area contributed by atoms with Crippen molar-refractivity contribution in [3.05, 3.63) is 72.3 Å². The quantitative estimate of drug-likeness (QED) is 0.726. The summed E-state index contributed by atoms with van der Waals surface area (Å²) < 4.78 is 0. The Balaban J connectivity index is 1.78. The third-order valence-corrected chi connectivity index (χ3v) is 3.02. The molecule has 0 unspecified atom stereocenters. The minimum Gasteiger partial charge on any atom is -0.159 e. The molecule has 3 aromatic rings. The number of hydrogen-bond donors (Lipinski definition) is 0. The molecule has 0 fully saturated rings. The molecule has 0 saturated heterocycles. The molecule has 2 aromatic carbocycles. The fourth-order valence-corrected chi connectivity index (χ4v) is 1.94. The van der Waals surface area contributed by atoms with Crippen molar-refractivity contribution in [3.63, 3.8) is 0 Å².